The maximum atomic E-state index is 12.3. The fraction of sp³-hybridized carbons (Fsp3) is 0.278. The summed E-state index contributed by atoms with van der Waals surface area (Å²) in [4.78, 5) is 12.3. The van der Waals surface area contributed by atoms with Crippen LogP contribution in [0, 0.1) is 0 Å². The first-order chi connectivity index (χ1) is 11.3. The number of fused-ring (bicyclic) bond motifs is 2. The van der Waals surface area contributed by atoms with Gasteiger partial charge in [-0.05, 0) is 28.8 Å². The van der Waals surface area contributed by atoms with Gasteiger partial charge in [0, 0.05) is 19.6 Å². The second-order valence-electron chi connectivity index (χ2n) is 5.79. The van der Waals surface area contributed by atoms with E-state index in [0.29, 0.717) is 18.0 Å². The van der Waals surface area contributed by atoms with Crippen molar-refractivity contribution in [3.63, 3.8) is 0 Å². The van der Waals surface area contributed by atoms with Gasteiger partial charge < -0.3 is 20.1 Å². The summed E-state index contributed by atoms with van der Waals surface area (Å²) in [5.74, 6) is 1.14. The van der Waals surface area contributed by atoms with Crippen LogP contribution in [-0.2, 0) is 24.4 Å². The molecule has 0 saturated heterocycles. The molecule has 4 rings (SSSR count). The van der Waals surface area contributed by atoms with Crippen LogP contribution in [0.25, 0.3) is 0 Å². The Kier molecular flexibility index (Phi) is 3.63. The van der Waals surface area contributed by atoms with Crippen LogP contribution in [0.4, 0.5) is 0 Å². The van der Waals surface area contributed by atoms with Gasteiger partial charge in [0.05, 0.1) is 0 Å². The minimum atomic E-state index is -0.610. The molecule has 2 aliphatic rings. The van der Waals surface area contributed by atoms with E-state index in [9.17, 15) is 4.79 Å². The molecule has 5 nitrogen and oxygen atoms in total. The highest BCUT2D eigenvalue weighted by Crippen LogP contribution is 2.30. The van der Waals surface area contributed by atoms with E-state index in [1.807, 2.05) is 24.3 Å². The summed E-state index contributed by atoms with van der Waals surface area (Å²) < 4.78 is 11.3. The molecule has 0 aromatic heterocycles. The lowest BCUT2D eigenvalue weighted by Crippen LogP contribution is -2.43. The topological polar surface area (TPSA) is 59.6 Å². The van der Waals surface area contributed by atoms with E-state index in [-0.39, 0.29) is 12.5 Å². The van der Waals surface area contributed by atoms with E-state index in [4.69, 9.17) is 9.47 Å². The first-order valence-corrected chi connectivity index (χ1v) is 7.77. The minimum Gasteiger partial charge on any atom is -0.485 e. The van der Waals surface area contributed by atoms with Crippen LogP contribution in [0.3, 0.4) is 0 Å². The van der Waals surface area contributed by atoms with Gasteiger partial charge in [-0.2, -0.15) is 0 Å². The number of rotatable bonds is 3. The molecule has 23 heavy (non-hydrogen) atoms. The Balaban J connectivity index is 1.37. The number of amides is 1. The van der Waals surface area contributed by atoms with Crippen molar-refractivity contribution in [3.05, 3.63) is 59.2 Å². The van der Waals surface area contributed by atoms with Gasteiger partial charge >= 0.3 is 0 Å². The van der Waals surface area contributed by atoms with Crippen molar-refractivity contribution in [2.45, 2.75) is 25.7 Å². The van der Waals surface area contributed by atoms with Crippen LogP contribution < -0.4 is 20.1 Å². The molecule has 2 aromatic rings. The number of carbonyl (C=O) groups excluding carboxylic acids is 1. The molecule has 5 heteroatoms. The van der Waals surface area contributed by atoms with Crippen LogP contribution in [0.1, 0.15) is 16.7 Å². The standard InChI is InChI=1S/C18H18N2O3/c21-18(17-11-22-15-3-1-2-4-16(15)23-17)20-8-12-5-6-13-9-19-10-14(13)7-12/h1-7,17,19H,8-11H2,(H,20,21). The quantitative estimate of drug-likeness (QED) is 0.907. The average molecular weight is 310 g/mol. The number of nitrogens with one attached hydrogen (secondary N) is 2. The van der Waals surface area contributed by atoms with Crippen molar-refractivity contribution in [1.29, 1.82) is 0 Å². The molecule has 1 unspecified atom stereocenters. The van der Waals surface area contributed by atoms with Crippen LogP contribution >= 0.6 is 0 Å². The van der Waals surface area contributed by atoms with Gasteiger partial charge in [0.25, 0.3) is 5.91 Å². The van der Waals surface area contributed by atoms with Gasteiger partial charge in [0.15, 0.2) is 11.5 Å². The van der Waals surface area contributed by atoms with Gasteiger partial charge in [0.1, 0.15) is 6.61 Å². The van der Waals surface area contributed by atoms with Gasteiger partial charge in [-0.3, -0.25) is 4.79 Å². The Morgan fingerprint density at radius 3 is 2.87 bits per heavy atom. The number of carbonyl (C=O) groups is 1. The largest absolute Gasteiger partial charge is 0.485 e. The average Bonchev–Trinajstić information content (AvgIpc) is 3.07. The number of benzene rings is 2. The molecule has 1 atom stereocenters. The lowest BCUT2D eigenvalue weighted by Gasteiger charge is -2.25. The van der Waals surface area contributed by atoms with Crippen molar-refractivity contribution >= 4 is 5.91 Å². The summed E-state index contributed by atoms with van der Waals surface area (Å²) in [6, 6.07) is 13.7. The molecule has 2 aromatic carbocycles. The lowest BCUT2D eigenvalue weighted by molar-refractivity contribution is -0.130. The smallest absolute Gasteiger partial charge is 0.264 e. The number of hydrogen-bond acceptors (Lipinski definition) is 4. The SMILES string of the molecule is O=C(NCc1ccc2c(c1)CNC2)C1COc2ccccc2O1. The molecule has 0 aliphatic carbocycles. The van der Waals surface area contributed by atoms with Gasteiger partial charge in [-0.25, -0.2) is 0 Å². The van der Waals surface area contributed by atoms with Crippen LogP contribution in [0.5, 0.6) is 11.5 Å². The zero-order valence-corrected chi connectivity index (χ0v) is 12.7. The Bertz CT molecular complexity index is 745. The molecule has 2 aliphatic heterocycles. The fourth-order valence-corrected chi connectivity index (χ4v) is 2.91. The molecule has 1 amide bonds. The van der Waals surface area contributed by atoms with Crippen molar-refractivity contribution in [1.82, 2.24) is 10.6 Å². The van der Waals surface area contributed by atoms with Crippen molar-refractivity contribution in [2.75, 3.05) is 6.61 Å². The molecule has 0 spiro atoms. The summed E-state index contributed by atoms with van der Waals surface area (Å²) in [5, 5.41) is 6.24. The lowest BCUT2D eigenvalue weighted by atomic mass is 10.1. The zero-order chi connectivity index (χ0) is 15.6. The minimum absolute atomic E-state index is 0.155. The Hall–Kier alpha value is -2.53. The van der Waals surface area contributed by atoms with Crippen LogP contribution in [0.2, 0.25) is 0 Å². The number of ether oxygens (including phenoxy) is 2. The fourth-order valence-electron chi connectivity index (χ4n) is 2.91. The molecule has 0 fully saturated rings. The molecule has 0 radical (unpaired) electrons. The van der Waals surface area contributed by atoms with Gasteiger partial charge in [-0.1, -0.05) is 30.3 Å². The van der Waals surface area contributed by atoms with E-state index in [1.165, 1.54) is 11.1 Å². The second-order valence-corrected chi connectivity index (χ2v) is 5.79. The highest BCUT2D eigenvalue weighted by molar-refractivity contribution is 5.81. The first-order valence-electron chi connectivity index (χ1n) is 7.77. The maximum Gasteiger partial charge on any atom is 0.264 e. The summed E-state index contributed by atoms with van der Waals surface area (Å²) >= 11 is 0. The third-order valence-corrected chi connectivity index (χ3v) is 4.17. The Morgan fingerprint density at radius 2 is 1.96 bits per heavy atom. The first kappa shape index (κ1) is 14.1. The molecule has 0 bridgehead atoms. The number of hydrogen-bond donors (Lipinski definition) is 2. The third-order valence-electron chi connectivity index (χ3n) is 4.17. The second kappa shape index (κ2) is 5.93. The maximum absolute atomic E-state index is 12.3. The Morgan fingerprint density at radius 1 is 1.13 bits per heavy atom. The molecule has 2 N–H and O–H groups in total. The van der Waals surface area contributed by atoms with E-state index in [2.05, 4.69) is 28.8 Å². The normalized spacial score (nSPS) is 18.3. The molecule has 2 heterocycles. The predicted molar refractivity (Wildman–Crippen MR) is 85.2 cm³/mol. The van der Waals surface area contributed by atoms with Crippen LogP contribution in [-0.4, -0.2) is 18.6 Å². The van der Waals surface area contributed by atoms with Gasteiger partial charge in [0.2, 0.25) is 6.10 Å². The van der Waals surface area contributed by atoms with E-state index < -0.39 is 6.10 Å². The molecule has 0 saturated carbocycles. The van der Waals surface area contributed by atoms with Crippen molar-refractivity contribution in [3.8, 4) is 11.5 Å². The summed E-state index contributed by atoms with van der Waals surface area (Å²) in [6.07, 6.45) is -0.610. The van der Waals surface area contributed by atoms with Crippen molar-refractivity contribution in [2.24, 2.45) is 0 Å². The summed E-state index contributed by atoms with van der Waals surface area (Å²) in [5.41, 5.74) is 3.74. The van der Waals surface area contributed by atoms with E-state index >= 15 is 0 Å². The number of para-hydroxylation sites is 2. The highest BCUT2D eigenvalue weighted by Gasteiger charge is 2.27. The third kappa shape index (κ3) is 2.87. The molecular weight excluding hydrogens is 292 g/mol. The zero-order valence-electron chi connectivity index (χ0n) is 12.7. The molecular formula is C18H18N2O3. The van der Waals surface area contributed by atoms with Crippen LogP contribution in [0.15, 0.2) is 42.5 Å². The van der Waals surface area contributed by atoms with E-state index in [0.717, 1.165) is 18.7 Å². The van der Waals surface area contributed by atoms with Gasteiger partial charge in [-0.15, -0.1) is 0 Å². The Labute approximate surface area is 134 Å². The predicted octanol–water partition coefficient (Wildman–Crippen LogP) is 1.75. The summed E-state index contributed by atoms with van der Waals surface area (Å²) in [7, 11) is 0. The monoisotopic (exact) mass is 310 g/mol. The molecule has 118 valence electrons. The highest BCUT2D eigenvalue weighted by atomic mass is 16.6. The van der Waals surface area contributed by atoms with E-state index in [1.54, 1.807) is 0 Å². The van der Waals surface area contributed by atoms with Crippen molar-refractivity contribution < 1.29 is 14.3 Å². The summed E-state index contributed by atoms with van der Waals surface area (Å²) in [6.45, 7) is 2.55.